The van der Waals surface area contributed by atoms with Crippen LogP contribution in [0.4, 0.5) is 0 Å². The predicted molar refractivity (Wildman–Crippen MR) is 157 cm³/mol. The number of amidine groups is 1. The summed E-state index contributed by atoms with van der Waals surface area (Å²) >= 11 is 1.23. The van der Waals surface area contributed by atoms with Crippen molar-refractivity contribution in [1.82, 2.24) is 0 Å². The van der Waals surface area contributed by atoms with E-state index in [1.165, 1.54) is 11.8 Å². The van der Waals surface area contributed by atoms with Gasteiger partial charge >= 0.3 is 5.97 Å². The number of benzene rings is 4. The molecule has 0 radical (unpaired) electrons. The first kappa shape index (κ1) is 25.5. The van der Waals surface area contributed by atoms with Crippen molar-refractivity contribution in [3.8, 4) is 5.75 Å². The highest BCUT2D eigenvalue weighted by Gasteiger charge is 2.26. The third-order valence-electron chi connectivity index (χ3n) is 6.24. The highest BCUT2D eigenvalue weighted by Crippen LogP contribution is 2.37. The molecule has 5 rings (SSSR count). The van der Waals surface area contributed by atoms with Gasteiger partial charge in [-0.2, -0.15) is 0 Å². The minimum absolute atomic E-state index is 0.157. The number of aliphatic imine (C=N–C) groups is 2. The van der Waals surface area contributed by atoms with Crippen molar-refractivity contribution < 1.29 is 14.3 Å². The maximum atomic E-state index is 13.0. The summed E-state index contributed by atoms with van der Waals surface area (Å²) in [4.78, 5) is 23.4. The Balaban J connectivity index is 1.62. The summed E-state index contributed by atoms with van der Waals surface area (Å²) in [5.74, 6) is 0.358. The number of methoxy groups -OCH3 is 1. The molecule has 4 aromatic rings. The van der Waals surface area contributed by atoms with Gasteiger partial charge in [0, 0.05) is 12.0 Å². The largest absolute Gasteiger partial charge is 0.496 e. The number of thioether (sulfide) groups is 1. The van der Waals surface area contributed by atoms with E-state index in [-0.39, 0.29) is 12.6 Å². The van der Waals surface area contributed by atoms with Crippen molar-refractivity contribution in [2.45, 2.75) is 19.4 Å². The lowest BCUT2D eigenvalue weighted by molar-refractivity contribution is -0.137. The molecule has 0 fully saturated rings. The third-order valence-corrected chi connectivity index (χ3v) is 7.13. The Bertz CT molecular complexity index is 1530. The zero-order valence-electron chi connectivity index (χ0n) is 21.3. The number of hydrogen-bond acceptors (Lipinski definition) is 6. The van der Waals surface area contributed by atoms with Crippen LogP contribution in [0.25, 0.3) is 16.8 Å². The van der Waals surface area contributed by atoms with Crippen LogP contribution < -0.4 is 4.74 Å². The van der Waals surface area contributed by atoms with Gasteiger partial charge < -0.3 is 9.47 Å². The van der Waals surface area contributed by atoms with Gasteiger partial charge in [-0.05, 0) is 52.7 Å². The lowest BCUT2D eigenvalue weighted by Crippen LogP contribution is -2.17. The summed E-state index contributed by atoms with van der Waals surface area (Å²) < 4.78 is 11.2. The molecule has 5 nitrogen and oxygen atoms in total. The first-order valence-electron chi connectivity index (χ1n) is 12.5. The molecule has 0 aromatic heterocycles. The van der Waals surface area contributed by atoms with Crippen LogP contribution in [0.1, 0.15) is 36.1 Å². The molecule has 6 heteroatoms. The molecule has 38 heavy (non-hydrogen) atoms. The van der Waals surface area contributed by atoms with Gasteiger partial charge in [-0.3, -0.25) is 4.99 Å². The summed E-state index contributed by atoms with van der Waals surface area (Å²) in [7, 11) is 1.68. The Kier molecular flexibility index (Phi) is 8.00. The maximum absolute atomic E-state index is 13.0. The molecule has 0 saturated heterocycles. The Morgan fingerprint density at radius 3 is 2.39 bits per heavy atom. The van der Waals surface area contributed by atoms with Crippen molar-refractivity contribution in [3.05, 3.63) is 119 Å². The second-order valence-electron chi connectivity index (χ2n) is 8.71. The first-order chi connectivity index (χ1) is 18.7. The average Bonchev–Trinajstić information content (AvgIpc) is 2.97. The van der Waals surface area contributed by atoms with Crippen molar-refractivity contribution in [2.75, 3.05) is 13.7 Å². The maximum Gasteiger partial charge on any atom is 0.345 e. The second-order valence-corrected chi connectivity index (χ2v) is 9.72. The lowest BCUT2D eigenvalue weighted by Gasteiger charge is -2.23. The molecule has 0 N–H and O–H groups in total. The van der Waals surface area contributed by atoms with E-state index in [1.54, 1.807) is 14.0 Å². The van der Waals surface area contributed by atoms with Gasteiger partial charge in [0.2, 0.25) is 0 Å². The number of nitrogens with zero attached hydrogens (tertiary/aromatic N) is 2. The van der Waals surface area contributed by atoms with Gasteiger partial charge in [-0.25, -0.2) is 9.79 Å². The molecule has 1 unspecified atom stereocenters. The minimum atomic E-state index is -0.398. The first-order valence-corrected chi connectivity index (χ1v) is 13.4. The molecule has 1 aliphatic heterocycles. The number of carbonyl (C=O) groups excluding carboxylic acids is 1. The molecule has 4 aromatic carbocycles. The van der Waals surface area contributed by atoms with Gasteiger partial charge in [0.1, 0.15) is 10.7 Å². The van der Waals surface area contributed by atoms with Crippen LogP contribution in [0, 0.1) is 0 Å². The van der Waals surface area contributed by atoms with Gasteiger partial charge in [-0.1, -0.05) is 91.0 Å². The summed E-state index contributed by atoms with van der Waals surface area (Å²) in [5.41, 5.74) is 3.80. The molecule has 0 saturated carbocycles. The van der Waals surface area contributed by atoms with Crippen LogP contribution in [-0.4, -0.2) is 30.6 Å². The molecular weight excluding hydrogens is 492 g/mol. The molecule has 0 aliphatic carbocycles. The van der Waals surface area contributed by atoms with Crippen LogP contribution in [-0.2, 0) is 9.53 Å². The van der Waals surface area contributed by atoms with Crippen LogP contribution >= 0.6 is 11.8 Å². The number of carbonyl (C=O) groups is 1. The lowest BCUT2D eigenvalue weighted by atomic mass is 9.93. The number of ether oxygens (including phenoxy) is 2. The molecule has 190 valence electrons. The van der Waals surface area contributed by atoms with Crippen LogP contribution in [0.5, 0.6) is 5.75 Å². The van der Waals surface area contributed by atoms with Crippen LogP contribution in [0.2, 0.25) is 0 Å². The molecule has 1 aliphatic rings. The molecule has 1 heterocycles. The van der Waals surface area contributed by atoms with E-state index in [0.717, 1.165) is 38.9 Å². The summed E-state index contributed by atoms with van der Waals surface area (Å²) in [5, 5.41) is 2.68. The van der Waals surface area contributed by atoms with Crippen LogP contribution in [0.15, 0.2) is 112 Å². The Hall–Kier alpha value is -4.16. The van der Waals surface area contributed by atoms with Crippen molar-refractivity contribution in [3.63, 3.8) is 0 Å². The molecule has 1 atom stereocenters. The number of rotatable bonds is 7. The zero-order chi connectivity index (χ0) is 26.3. The quantitative estimate of drug-likeness (QED) is 0.187. The number of fused-ring (bicyclic) bond motifs is 1. The van der Waals surface area contributed by atoms with E-state index in [9.17, 15) is 4.79 Å². The van der Waals surface area contributed by atoms with E-state index in [4.69, 9.17) is 19.5 Å². The smallest absolute Gasteiger partial charge is 0.345 e. The van der Waals surface area contributed by atoms with Gasteiger partial charge in [0.25, 0.3) is 0 Å². The van der Waals surface area contributed by atoms with E-state index in [0.29, 0.717) is 16.5 Å². The zero-order valence-corrected chi connectivity index (χ0v) is 22.2. The monoisotopic (exact) mass is 520 g/mol. The highest BCUT2D eigenvalue weighted by atomic mass is 32.2. The Labute approximate surface area is 226 Å². The van der Waals surface area contributed by atoms with Crippen molar-refractivity contribution >= 4 is 45.5 Å². The predicted octanol–water partition coefficient (Wildman–Crippen LogP) is 7.48. The van der Waals surface area contributed by atoms with E-state index in [1.807, 2.05) is 72.8 Å². The molecule has 0 bridgehead atoms. The third kappa shape index (κ3) is 5.71. The van der Waals surface area contributed by atoms with Crippen molar-refractivity contribution in [2.24, 2.45) is 9.98 Å². The topological polar surface area (TPSA) is 60.2 Å². The van der Waals surface area contributed by atoms with Crippen molar-refractivity contribution in [1.29, 1.82) is 0 Å². The molecular formula is C32H28N2O3S. The van der Waals surface area contributed by atoms with Crippen LogP contribution in [0.3, 0.4) is 0 Å². The fourth-order valence-electron chi connectivity index (χ4n) is 4.48. The van der Waals surface area contributed by atoms with Gasteiger partial charge in [0.05, 0.1) is 25.5 Å². The minimum Gasteiger partial charge on any atom is -0.496 e. The summed E-state index contributed by atoms with van der Waals surface area (Å²) in [6, 6.07) is 32.0. The molecule has 0 spiro atoms. The normalized spacial score (nSPS) is 15.5. The number of esters is 1. The Morgan fingerprint density at radius 2 is 1.66 bits per heavy atom. The standard InChI is InChI=1S/C32H28N2O3S/c1-3-37-31(35)29(20-22-12-6-4-7-13-22)38-32-33-26(24-15-8-5-9-16-24)21-27(34-32)30-25-17-11-10-14-23(25)18-19-28(30)36-2/h4-20,26H,3,21H2,1-2H3/b29-20+. The Morgan fingerprint density at radius 1 is 0.947 bits per heavy atom. The van der Waals surface area contributed by atoms with E-state index < -0.39 is 5.97 Å². The van der Waals surface area contributed by atoms with E-state index >= 15 is 0 Å². The summed E-state index contributed by atoms with van der Waals surface area (Å²) in [6.45, 7) is 2.08. The average molecular weight is 521 g/mol. The van der Waals surface area contributed by atoms with E-state index in [2.05, 4.69) is 30.3 Å². The van der Waals surface area contributed by atoms with Gasteiger partial charge in [-0.15, -0.1) is 0 Å². The molecule has 0 amide bonds. The highest BCUT2D eigenvalue weighted by molar-refractivity contribution is 8.18. The van der Waals surface area contributed by atoms with Gasteiger partial charge in [0.15, 0.2) is 5.17 Å². The fourth-order valence-corrected chi connectivity index (χ4v) is 5.35. The SMILES string of the molecule is CCOC(=O)/C(=C\c1ccccc1)SC1=NC(c2ccccc2)CC(c2c(OC)ccc3ccccc23)=N1. The fraction of sp³-hybridized carbons (Fsp3) is 0.156. The number of hydrogen-bond donors (Lipinski definition) is 0. The second kappa shape index (κ2) is 11.9. The summed E-state index contributed by atoms with van der Waals surface area (Å²) in [6.07, 6.45) is 2.43.